The van der Waals surface area contributed by atoms with Gasteiger partial charge >= 0.3 is 49.9 Å². The van der Waals surface area contributed by atoms with Gasteiger partial charge in [-0.15, -0.1) is 0 Å². The van der Waals surface area contributed by atoms with E-state index in [4.69, 9.17) is 0 Å². The van der Waals surface area contributed by atoms with Gasteiger partial charge in [0.1, 0.15) is 0 Å². The number of fused-ring (bicyclic) bond motifs is 2. The van der Waals surface area contributed by atoms with Crippen LogP contribution in [0.5, 0.6) is 0 Å². The van der Waals surface area contributed by atoms with Crippen LogP contribution in [0.4, 0.5) is 11.4 Å². The van der Waals surface area contributed by atoms with E-state index in [2.05, 4.69) is 148 Å². The van der Waals surface area contributed by atoms with E-state index >= 15 is 0 Å². The Kier molecular flexibility index (Phi) is 11.6. The Bertz CT molecular complexity index is 991. The molecule has 0 radical (unpaired) electrons. The fraction of sp³-hybridized carbons (Fsp3) is 0.192. The third kappa shape index (κ3) is 7.06. The van der Waals surface area contributed by atoms with Gasteiger partial charge in [0, 0.05) is 49.3 Å². The predicted molar refractivity (Wildman–Crippen MR) is 154 cm³/mol. The molecule has 0 bridgehead atoms. The predicted octanol–water partition coefficient (Wildman–Crippen LogP) is 8.17. The number of hydrogen-bond donors (Lipinski definition) is 0. The fourth-order valence-corrected chi connectivity index (χ4v) is 3.87. The minimum atomic E-state index is 0. The van der Waals surface area contributed by atoms with E-state index in [1.54, 1.807) is 0 Å². The summed E-state index contributed by atoms with van der Waals surface area (Å²) >= 11 is 5.30. The third-order valence-corrected chi connectivity index (χ3v) is 5.34. The fourth-order valence-electron chi connectivity index (χ4n) is 3.87. The maximum absolute atomic E-state index is 2.39. The van der Waals surface area contributed by atoms with Crippen LogP contribution in [-0.2, 0) is 11.2 Å². The maximum atomic E-state index is 2.39. The Morgan fingerprint density at radius 2 is 0.968 bits per heavy atom. The number of hydrogen-bond acceptors (Lipinski definition) is 2. The van der Waals surface area contributed by atoms with Crippen molar-refractivity contribution in [1.82, 2.24) is 0 Å². The van der Waals surface area contributed by atoms with Gasteiger partial charge in [0.25, 0.3) is 0 Å². The van der Waals surface area contributed by atoms with E-state index in [0.717, 1.165) is 19.5 Å². The summed E-state index contributed by atoms with van der Waals surface area (Å²) in [5, 5.41) is 5.25. The standard InChI is InChI=1S/C25H26N2.CH3.2HI.Pt/c1-26(24-16-7-12-20-10-3-5-14-22(20)24)18-9-19-27(2)25-17-8-13-21-11-4-6-15-23(21)25;;;;/h3-8,10-17H,9,18-19H2,1-2H3;1H3;2*1H;/q;-1;;;+2/p-2. The molecule has 0 atom stereocenters. The first-order chi connectivity index (χ1) is 14.7. The summed E-state index contributed by atoms with van der Waals surface area (Å²) in [6.07, 6.45) is 1.11. The Morgan fingerprint density at radius 3 is 1.39 bits per heavy atom. The number of nitrogens with zero attached hydrogens (tertiary/aromatic N) is 2. The number of rotatable bonds is 6. The summed E-state index contributed by atoms with van der Waals surface area (Å²) in [6.45, 7) is 2.06. The molecule has 5 heteroatoms. The quantitative estimate of drug-likeness (QED) is 0.143. The molecule has 168 valence electrons. The SMILES string of the molecule is CN(CCCN(C)c1cccc2ccccc12)c1cccc2ccccc12.[CH3-].[I][Pt][I]. The average molecular weight is 818 g/mol. The van der Waals surface area contributed by atoms with Crippen molar-refractivity contribution in [3.8, 4) is 0 Å². The van der Waals surface area contributed by atoms with Gasteiger partial charge in [-0.3, -0.25) is 0 Å². The molecule has 0 amide bonds. The number of anilines is 2. The molecule has 0 aliphatic rings. The van der Waals surface area contributed by atoms with Crippen LogP contribution < -0.4 is 9.80 Å². The van der Waals surface area contributed by atoms with Crippen molar-refractivity contribution >= 4 is 71.6 Å². The first-order valence-corrected chi connectivity index (χ1v) is 22.7. The Morgan fingerprint density at radius 1 is 0.613 bits per heavy atom. The Balaban J connectivity index is 0.000000808. The molecule has 0 unspecified atom stereocenters. The van der Waals surface area contributed by atoms with Gasteiger partial charge in [0.2, 0.25) is 0 Å². The molecule has 0 spiro atoms. The molecule has 0 fully saturated rings. The van der Waals surface area contributed by atoms with E-state index in [-0.39, 0.29) is 7.43 Å². The van der Waals surface area contributed by atoms with Crippen LogP contribution in [0.3, 0.4) is 0 Å². The summed E-state index contributed by atoms with van der Waals surface area (Å²) in [6, 6.07) is 30.3. The molecule has 31 heavy (non-hydrogen) atoms. The third-order valence-electron chi connectivity index (χ3n) is 5.34. The summed E-state index contributed by atoms with van der Waals surface area (Å²) in [7, 11) is 4.39. The molecule has 0 aromatic heterocycles. The Hall–Kier alpha value is -0.852. The first-order valence-electron chi connectivity index (χ1n) is 9.86. The molecular weight excluding hydrogens is 789 g/mol. The van der Waals surface area contributed by atoms with Crippen molar-refractivity contribution in [3.63, 3.8) is 0 Å². The van der Waals surface area contributed by atoms with Crippen molar-refractivity contribution in [2.24, 2.45) is 0 Å². The number of benzene rings is 4. The number of halogens is 2. The first kappa shape index (κ1) is 26.4. The van der Waals surface area contributed by atoms with E-state index in [9.17, 15) is 0 Å². The van der Waals surface area contributed by atoms with Crippen LogP contribution in [0, 0.1) is 7.43 Å². The van der Waals surface area contributed by atoms with Crippen molar-refractivity contribution in [2.75, 3.05) is 37.0 Å². The Labute approximate surface area is 216 Å². The zero-order valence-corrected chi connectivity index (χ0v) is 24.8. The molecule has 4 aromatic carbocycles. The minimum absolute atomic E-state index is 0. The van der Waals surface area contributed by atoms with Crippen molar-refractivity contribution in [1.29, 1.82) is 0 Å². The molecule has 0 saturated heterocycles. The van der Waals surface area contributed by atoms with Gasteiger partial charge in [-0.05, 0) is 29.3 Å². The average Bonchev–Trinajstić information content (AvgIpc) is 2.78. The van der Waals surface area contributed by atoms with E-state index in [1.807, 2.05) is 0 Å². The zero-order valence-electron chi connectivity index (χ0n) is 18.2. The van der Waals surface area contributed by atoms with Gasteiger partial charge in [-0.25, -0.2) is 0 Å². The molecule has 0 aliphatic carbocycles. The van der Waals surface area contributed by atoms with Gasteiger partial charge in [-0.1, -0.05) is 72.8 Å². The molecule has 0 N–H and O–H groups in total. The second-order valence-corrected chi connectivity index (χ2v) is 23.8. The topological polar surface area (TPSA) is 6.48 Å². The molecule has 4 aromatic rings. The van der Waals surface area contributed by atoms with Gasteiger partial charge in [0.05, 0.1) is 0 Å². The van der Waals surface area contributed by atoms with Gasteiger partial charge in [0.15, 0.2) is 0 Å². The van der Waals surface area contributed by atoms with E-state index in [0.29, 0.717) is 11.2 Å². The molecule has 2 nitrogen and oxygen atoms in total. The van der Waals surface area contributed by atoms with Crippen LogP contribution in [0.15, 0.2) is 84.9 Å². The summed E-state index contributed by atoms with van der Waals surface area (Å²) in [4.78, 5) is 4.75. The van der Waals surface area contributed by atoms with Gasteiger partial charge < -0.3 is 17.2 Å². The van der Waals surface area contributed by atoms with Crippen LogP contribution in [0.2, 0.25) is 0 Å². The van der Waals surface area contributed by atoms with E-state index < -0.39 is 0 Å². The molecule has 0 aliphatic heterocycles. The summed E-state index contributed by atoms with van der Waals surface area (Å²) < 4.78 is 0. The zero-order chi connectivity index (χ0) is 21.3. The van der Waals surface area contributed by atoms with Crippen molar-refractivity contribution in [3.05, 3.63) is 92.4 Å². The monoisotopic (exact) mass is 818 g/mol. The van der Waals surface area contributed by atoms with Crippen LogP contribution in [0.25, 0.3) is 21.5 Å². The summed E-state index contributed by atoms with van der Waals surface area (Å²) in [5.74, 6) is 0. The summed E-state index contributed by atoms with van der Waals surface area (Å²) in [5.41, 5.74) is 2.61. The second-order valence-electron chi connectivity index (χ2n) is 7.24. The van der Waals surface area contributed by atoms with Crippen LogP contribution in [0.1, 0.15) is 6.42 Å². The molecular formula is C26H29I2N2Pt-. The molecule has 0 heterocycles. The second kappa shape index (κ2) is 13.6. The van der Waals surface area contributed by atoms with Crippen LogP contribution >= 0.6 is 38.7 Å². The molecule has 4 rings (SSSR count). The van der Waals surface area contributed by atoms with Crippen molar-refractivity contribution in [2.45, 2.75) is 6.42 Å². The van der Waals surface area contributed by atoms with Crippen molar-refractivity contribution < 1.29 is 11.2 Å². The molecule has 0 saturated carbocycles. The van der Waals surface area contributed by atoms with Gasteiger partial charge in [-0.2, -0.15) is 0 Å². The van der Waals surface area contributed by atoms with E-state index in [1.165, 1.54) is 32.9 Å². The van der Waals surface area contributed by atoms with Crippen LogP contribution in [-0.4, -0.2) is 27.2 Å². The normalized spacial score (nSPS) is 10.3.